The number of ether oxygens (including phenoxy) is 1. The SMILES string of the molecule is CCOC(C)c1noc(-c2ccc(Cl)cc2O)n1. The van der Waals surface area contributed by atoms with Crippen molar-refractivity contribution in [3.05, 3.63) is 29.0 Å². The van der Waals surface area contributed by atoms with Gasteiger partial charge in [-0.15, -0.1) is 0 Å². The number of aromatic hydroxyl groups is 1. The fourth-order valence-electron chi connectivity index (χ4n) is 1.52. The minimum Gasteiger partial charge on any atom is -0.507 e. The predicted molar refractivity (Wildman–Crippen MR) is 66.4 cm³/mol. The summed E-state index contributed by atoms with van der Waals surface area (Å²) in [5.41, 5.74) is 0.446. The molecule has 2 rings (SSSR count). The van der Waals surface area contributed by atoms with Gasteiger partial charge < -0.3 is 14.4 Å². The molecular weight excluding hydrogens is 256 g/mol. The van der Waals surface area contributed by atoms with Gasteiger partial charge in [0, 0.05) is 11.6 Å². The molecule has 0 radical (unpaired) electrons. The number of rotatable bonds is 4. The van der Waals surface area contributed by atoms with Gasteiger partial charge in [-0.2, -0.15) is 4.98 Å². The third-order valence-electron chi connectivity index (χ3n) is 2.41. The van der Waals surface area contributed by atoms with Crippen LogP contribution in [0.4, 0.5) is 0 Å². The Morgan fingerprint density at radius 2 is 2.28 bits per heavy atom. The molecule has 1 aromatic heterocycles. The summed E-state index contributed by atoms with van der Waals surface area (Å²) in [4.78, 5) is 4.18. The van der Waals surface area contributed by atoms with Crippen LogP contribution in [-0.2, 0) is 4.74 Å². The summed E-state index contributed by atoms with van der Waals surface area (Å²) >= 11 is 5.75. The van der Waals surface area contributed by atoms with E-state index in [2.05, 4.69) is 10.1 Å². The smallest absolute Gasteiger partial charge is 0.261 e. The first-order valence-corrected chi connectivity index (χ1v) is 5.93. The van der Waals surface area contributed by atoms with Crippen LogP contribution in [0, 0.1) is 0 Å². The molecular formula is C12H13ClN2O3. The molecule has 0 fully saturated rings. The van der Waals surface area contributed by atoms with E-state index >= 15 is 0 Å². The summed E-state index contributed by atoms with van der Waals surface area (Å²) in [7, 11) is 0. The highest BCUT2D eigenvalue weighted by atomic mass is 35.5. The maximum absolute atomic E-state index is 9.75. The number of hydrogen-bond donors (Lipinski definition) is 1. The van der Waals surface area contributed by atoms with Crippen LogP contribution in [0.1, 0.15) is 25.8 Å². The third-order valence-corrected chi connectivity index (χ3v) is 2.65. The van der Waals surface area contributed by atoms with Gasteiger partial charge in [0.1, 0.15) is 11.9 Å². The summed E-state index contributed by atoms with van der Waals surface area (Å²) in [5.74, 6) is 0.689. The first-order valence-electron chi connectivity index (χ1n) is 5.56. The first-order chi connectivity index (χ1) is 8.61. The first kappa shape index (κ1) is 12.9. The van der Waals surface area contributed by atoms with Crippen LogP contribution >= 0.6 is 11.6 Å². The van der Waals surface area contributed by atoms with Crippen LogP contribution in [0.3, 0.4) is 0 Å². The van der Waals surface area contributed by atoms with Crippen molar-refractivity contribution in [1.82, 2.24) is 10.1 Å². The summed E-state index contributed by atoms with van der Waals surface area (Å²) in [6.07, 6.45) is -0.248. The second-order valence-corrected chi connectivity index (χ2v) is 4.15. The van der Waals surface area contributed by atoms with Gasteiger partial charge in [0.05, 0.1) is 5.56 Å². The zero-order valence-corrected chi connectivity index (χ0v) is 10.8. The Kier molecular flexibility index (Phi) is 3.84. The lowest BCUT2D eigenvalue weighted by Crippen LogP contribution is -2.01. The number of nitrogens with zero attached hydrogens (tertiary/aromatic N) is 2. The van der Waals surface area contributed by atoms with E-state index in [1.807, 2.05) is 13.8 Å². The van der Waals surface area contributed by atoms with E-state index in [-0.39, 0.29) is 17.7 Å². The molecule has 1 aromatic carbocycles. The molecule has 1 N–H and O–H groups in total. The predicted octanol–water partition coefficient (Wildman–Crippen LogP) is 3.19. The average molecular weight is 269 g/mol. The normalized spacial score (nSPS) is 12.6. The molecule has 0 aliphatic heterocycles. The quantitative estimate of drug-likeness (QED) is 0.922. The van der Waals surface area contributed by atoms with Crippen LogP contribution in [0.15, 0.2) is 22.7 Å². The van der Waals surface area contributed by atoms with E-state index in [4.69, 9.17) is 20.9 Å². The zero-order chi connectivity index (χ0) is 13.1. The molecule has 96 valence electrons. The van der Waals surface area contributed by atoms with E-state index in [9.17, 15) is 5.11 Å². The lowest BCUT2D eigenvalue weighted by molar-refractivity contribution is 0.0683. The van der Waals surface area contributed by atoms with E-state index in [1.54, 1.807) is 12.1 Å². The monoisotopic (exact) mass is 268 g/mol. The standard InChI is InChI=1S/C12H13ClN2O3/c1-3-17-7(2)11-14-12(18-15-11)9-5-4-8(13)6-10(9)16/h4-7,16H,3H2,1-2H3. The number of benzene rings is 1. The van der Waals surface area contributed by atoms with Crippen molar-refractivity contribution >= 4 is 11.6 Å². The van der Waals surface area contributed by atoms with Gasteiger partial charge in [-0.1, -0.05) is 16.8 Å². The molecule has 0 aliphatic rings. The summed E-state index contributed by atoms with van der Waals surface area (Å²) in [6, 6.07) is 4.69. The van der Waals surface area contributed by atoms with E-state index < -0.39 is 0 Å². The molecule has 0 amide bonds. The molecule has 5 nitrogen and oxygen atoms in total. The average Bonchev–Trinajstić information content (AvgIpc) is 2.78. The number of halogens is 1. The van der Waals surface area contributed by atoms with Gasteiger partial charge in [-0.3, -0.25) is 0 Å². The number of hydrogen-bond acceptors (Lipinski definition) is 5. The third kappa shape index (κ3) is 2.63. The highest BCUT2D eigenvalue weighted by molar-refractivity contribution is 6.30. The summed E-state index contributed by atoms with van der Waals surface area (Å²) in [6.45, 7) is 4.29. The van der Waals surface area contributed by atoms with Crippen molar-refractivity contribution in [2.75, 3.05) is 6.61 Å². The van der Waals surface area contributed by atoms with Gasteiger partial charge in [0.15, 0.2) is 0 Å². The van der Waals surface area contributed by atoms with E-state index in [0.717, 1.165) is 0 Å². The molecule has 6 heteroatoms. The Morgan fingerprint density at radius 3 is 2.94 bits per heavy atom. The minimum absolute atomic E-state index is 0.00163. The highest BCUT2D eigenvalue weighted by Crippen LogP contribution is 2.31. The fourth-order valence-corrected chi connectivity index (χ4v) is 1.69. The fraction of sp³-hybridized carbons (Fsp3) is 0.333. The Balaban J connectivity index is 2.29. The molecule has 2 aromatic rings. The van der Waals surface area contributed by atoms with Gasteiger partial charge >= 0.3 is 0 Å². The van der Waals surface area contributed by atoms with Crippen molar-refractivity contribution in [1.29, 1.82) is 0 Å². The van der Waals surface area contributed by atoms with Crippen LogP contribution in [0.5, 0.6) is 5.75 Å². The molecule has 0 bridgehead atoms. The van der Waals surface area contributed by atoms with Gasteiger partial charge in [-0.05, 0) is 32.0 Å². The van der Waals surface area contributed by atoms with Crippen molar-refractivity contribution in [3.63, 3.8) is 0 Å². The van der Waals surface area contributed by atoms with E-state index in [1.165, 1.54) is 6.07 Å². The summed E-state index contributed by atoms with van der Waals surface area (Å²) in [5, 5.41) is 14.0. The second kappa shape index (κ2) is 5.37. The maximum atomic E-state index is 9.75. The van der Waals surface area contributed by atoms with Crippen molar-refractivity contribution in [2.24, 2.45) is 0 Å². The Labute approximate surface area is 109 Å². The Hall–Kier alpha value is -1.59. The van der Waals surface area contributed by atoms with Crippen molar-refractivity contribution < 1.29 is 14.4 Å². The van der Waals surface area contributed by atoms with Crippen LogP contribution in [0.25, 0.3) is 11.5 Å². The van der Waals surface area contributed by atoms with Crippen molar-refractivity contribution in [2.45, 2.75) is 20.0 Å². The second-order valence-electron chi connectivity index (χ2n) is 3.72. The molecule has 1 unspecified atom stereocenters. The van der Waals surface area contributed by atoms with Gasteiger partial charge in [0.2, 0.25) is 5.82 Å². The highest BCUT2D eigenvalue weighted by Gasteiger charge is 2.17. The van der Waals surface area contributed by atoms with Gasteiger partial charge in [-0.25, -0.2) is 0 Å². The molecule has 0 saturated heterocycles. The lowest BCUT2D eigenvalue weighted by atomic mass is 10.2. The van der Waals surface area contributed by atoms with Crippen LogP contribution in [-0.4, -0.2) is 21.9 Å². The zero-order valence-electron chi connectivity index (χ0n) is 10.1. The molecule has 0 spiro atoms. The van der Waals surface area contributed by atoms with Crippen molar-refractivity contribution in [3.8, 4) is 17.2 Å². The molecule has 0 saturated carbocycles. The maximum Gasteiger partial charge on any atom is 0.261 e. The molecule has 1 atom stereocenters. The van der Waals surface area contributed by atoms with Gasteiger partial charge in [0.25, 0.3) is 5.89 Å². The molecule has 0 aliphatic carbocycles. The minimum atomic E-state index is -0.248. The van der Waals surface area contributed by atoms with Crippen LogP contribution in [0.2, 0.25) is 5.02 Å². The summed E-state index contributed by atoms with van der Waals surface area (Å²) < 4.78 is 10.5. The van der Waals surface area contributed by atoms with Crippen LogP contribution < -0.4 is 0 Å². The number of aromatic nitrogens is 2. The number of phenolic OH excluding ortho intramolecular Hbond substituents is 1. The van der Waals surface area contributed by atoms with E-state index in [0.29, 0.717) is 23.0 Å². The largest absolute Gasteiger partial charge is 0.507 e. The Morgan fingerprint density at radius 1 is 1.50 bits per heavy atom. The lowest BCUT2D eigenvalue weighted by Gasteiger charge is -2.04. The topological polar surface area (TPSA) is 68.4 Å². The number of phenols is 1. The molecule has 18 heavy (non-hydrogen) atoms. The Bertz CT molecular complexity index is 542. The molecule has 1 heterocycles.